The Hall–Kier alpha value is -0.920. The predicted molar refractivity (Wildman–Crippen MR) is 79.5 cm³/mol. The van der Waals surface area contributed by atoms with Gasteiger partial charge in [0.25, 0.3) is 0 Å². The third-order valence-corrected chi connectivity index (χ3v) is 4.80. The smallest absolute Gasteiger partial charge is 0.208 e. The lowest BCUT2D eigenvalue weighted by Gasteiger charge is -2.10. The molecule has 0 atom stereocenters. The van der Waals surface area contributed by atoms with Crippen LogP contribution in [0.15, 0.2) is 15.7 Å². The van der Waals surface area contributed by atoms with Gasteiger partial charge in [-0.1, -0.05) is 36.8 Å². The summed E-state index contributed by atoms with van der Waals surface area (Å²) >= 11 is 9.14. The van der Waals surface area contributed by atoms with E-state index in [-0.39, 0.29) is 5.92 Å². The maximum atomic E-state index is 6.14. The minimum absolute atomic E-state index is 0.262. The van der Waals surface area contributed by atoms with E-state index in [0.717, 1.165) is 20.1 Å². The normalized spacial score (nSPS) is 11.1. The van der Waals surface area contributed by atoms with Gasteiger partial charge in [-0.3, -0.25) is 0 Å². The van der Waals surface area contributed by atoms with Crippen molar-refractivity contribution in [1.82, 2.24) is 20.2 Å². The standard InChI is InChI=1S/C11H14ClN5S2/c1-6(2)7-8(12)13-5-14-9(7)18-11-16-15-10(19-11)17(3)4/h5-6H,1-4H3. The maximum absolute atomic E-state index is 6.14. The highest BCUT2D eigenvalue weighted by molar-refractivity contribution is 8.01. The average Bonchev–Trinajstić information content (AvgIpc) is 2.77. The summed E-state index contributed by atoms with van der Waals surface area (Å²) in [4.78, 5) is 10.3. The number of aromatic nitrogens is 4. The molecule has 2 rings (SSSR count). The molecule has 102 valence electrons. The van der Waals surface area contributed by atoms with Crippen molar-refractivity contribution in [2.45, 2.75) is 29.1 Å². The molecule has 0 fully saturated rings. The molecule has 19 heavy (non-hydrogen) atoms. The van der Waals surface area contributed by atoms with Gasteiger partial charge < -0.3 is 4.90 Å². The summed E-state index contributed by atoms with van der Waals surface area (Å²) in [5.74, 6) is 0.262. The fourth-order valence-electron chi connectivity index (χ4n) is 1.43. The van der Waals surface area contributed by atoms with E-state index in [0.29, 0.717) is 5.15 Å². The summed E-state index contributed by atoms with van der Waals surface area (Å²) in [5, 5.41) is 10.5. The average molecular weight is 316 g/mol. The summed E-state index contributed by atoms with van der Waals surface area (Å²) < 4.78 is 0.848. The van der Waals surface area contributed by atoms with Crippen LogP contribution in [0, 0.1) is 0 Å². The first-order valence-electron chi connectivity index (χ1n) is 5.68. The molecule has 8 heteroatoms. The Morgan fingerprint density at radius 3 is 2.58 bits per heavy atom. The highest BCUT2D eigenvalue weighted by atomic mass is 35.5. The van der Waals surface area contributed by atoms with Gasteiger partial charge in [0.2, 0.25) is 5.13 Å². The van der Waals surface area contributed by atoms with Crippen molar-refractivity contribution in [3.63, 3.8) is 0 Å². The highest BCUT2D eigenvalue weighted by Crippen LogP contribution is 2.37. The van der Waals surface area contributed by atoms with Gasteiger partial charge in [0, 0.05) is 19.7 Å². The molecule has 0 aromatic carbocycles. The molecule has 0 spiro atoms. The molecule has 0 N–H and O–H groups in total. The molecular weight excluding hydrogens is 302 g/mol. The molecule has 0 unspecified atom stereocenters. The predicted octanol–water partition coefficient (Wildman–Crippen LogP) is 3.32. The summed E-state index contributed by atoms with van der Waals surface area (Å²) in [7, 11) is 3.88. The lowest BCUT2D eigenvalue weighted by molar-refractivity contribution is 0.802. The van der Waals surface area contributed by atoms with Gasteiger partial charge in [-0.2, -0.15) is 0 Å². The van der Waals surface area contributed by atoms with E-state index in [1.54, 1.807) is 0 Å². The third kappa shape index (κ3) is 3.34. The van der Waals surface area contributed by atoms with Crippen LogP contribution in [0.2, 0.25) is 5.15 Å². The van der Waals surface area contributed by atoms with Gasteiger partial charge in [0.05, 0.1) is 0 Å². The van der Waals surface area contributed by atoms with Crippen molar-refractivity contribution in [3.8, 4) is 0 Å². The molecule has 0 saturated heterocycles. The lowest BCUT2D eigenvalue weighted by Crippen LogP contribution is -2.07. The Bertz CT molecular complexity index is 570. The molecule has 5 nitrogen and oxygen atoms in total. The van der Waals surface area contributed by atoms with Crippen LogP contribution in [0.1, 0.15) is 25.3 Å². The molecule has 0 saturated carbocycles. The zero-order valence-electron chi connectivity index (χ0n) is 11.1. The molecule has 0 aliphatic rings. The van der Waals surface area contributed by atoms with Crippen LogP contribution in [0.3, 0.4) is 0 Å². The number of hydrogen-bond acceptors (Lipinski definition) is 7. The molecule has 0 radical (unpaired) electrons. The fourth-order valence-corrected chi connectivity index (χ4v) is 3.76. The first-order valence-corrected chi connectivity index (χ1v) is 7.69. The summed E-state index contributed by atoms with van der Waals surface area (Å²) in [6.45, 7) is 4.14. The largest absolute Gasteiger partial charge is 0.353 e. The summed E-state index contributed by atoms with van der Waals surface area (Å²) in [6, 6.07) is 0. The zero-order chi connectivity index (χ0) is 14.0. The number of halogens is 1. The first kappa shape index (κ1) is 14.5. The van der Waals surface area contributed by atoms with Crippen LogP contribution >= 0.6 is 34.7 Å². The van der Waals surface area contributed by atoms with Crippen LogP contribution in [-0.4, -0.2) is 34.3 Å². The second kappa shape index (κ2) is 6.02. The number of rotatable bonds is 4. The molecule has 0 aliphatic heterocycles. The van der Waals surface area contributed by atoms with E-state index >= 15 is 0 Å². The van der Waals surface area contributed by atoms with Crippen molar-refractivity contribution >= 4 is 39.8 Å². The molecule has 2 heterocycles. The van der Waals surface area contributed by atoms with E-state index in [1.165, 1.54) is 29.4 Å². The van der Waals surface area contributed by atoms with Gasteiger partial charge in [-0.05, 0) is 17.7 Å². The van der Waals surface area contributed by atoms with E-state index in [1.807, 2.05) is 19.0 Å². The van der Waals surface area contributed by atoms with Crippen molar-refractivity contribution in [1.29, 1.82) is 0 Å². The van der Waals surface area contributed by atoms with Crippen molar-refractivity contribution < 1.29 is 0 Å². The second-order valence-corrected chi connectivity index (χ2v) is 6.93. The van der Waals surface area contributed by atoms with Gasteiger partial charge in [-0.25, -0.2) is 9.97 Å². The molecule has 0 amide bonds. The molecule has 0 bridgehead atoms. The van der Waals surface area contributed by atoms with Crippen molar-refractivity contribution in [2.24, 2.45) is 0 Å². The van der Waals surface area contributed by atoms with E-state index in [9.17, 15) is 0 Å². The first-order chi connectivity index (χ1) is 8.99. The van der Waals surface area contributed by atoms with Gasteiger partial charge in [0.1, 0.15) is 16.5 Å². The molecule has 2 aromatic heterocycles. The molecule has 2 aromatic rings. The number of hydrogen-bond donors (Lipinski definition) is 0. The molecule has 0 aliphatic carbocycles. The third-order valence-electron chi connectivity index (χ3n) is 2.34. The Kier molecular flexibility index (Phi) is 4.59. The van der Waals surface area contributed by atoms with Crippen LogP contribution in [0.4, 0.5) is 5.13 Å². The topological polar surface area (TPSA) is 54.8 Å². The summed E-state index contributed by atoms with van der Waals surface area (Å²) in [6.07, 6.45) is 1.48. The second-order valence-electron chi connectivity index (χ2n) is 4.39. The Labute approximate surface area is 125 Å². The highest BCUT2D eigenvalue weighted by Gasteiger charge is 2.16. The van der Waals surface area contributed by atoms with Crippen LogP contribution in [0.5, 0.6) is 0 Å². The SMILES string of the molecule is CC(C)c1c(Cl)ncnc1Sc1nnc(N(C)C)s1. The Balaban J connectivity index is 2.30. The Morgan fingerprint density at radius 2 is 2.00 bits per heavy atom. The molecular formula is C11H14ClN5S2. The zero-order valence-corrected chi connectivity index (χ0v) is 13.5. The quantitative estimate of drug-likeness (QED) is 0.807. The maximum Gasteiger partial charge on any atom is 0.208 e. The van der Waals surface area contributed by atoms with Crippen LogP contribution in [0.25, 0.3) is 0 Å². The van der Waals surface area contributed by atoms with E-state index in [4.69, 9.17) is 11.6 Å². The number of anilines is 1. The van der Waals surface area contributed by atoms with Crippen LogP contribution in [-0.2, 0) is 0 Å². The van der Waals surface area contributed by atoms with Crippen molar-refractivity contribution in [3.05, 3.63) is 17.0 Å². The van der Waals surface area contributed by atoms with E-state index in [2.05, 4.69) is 34.0 Å². The Morgan fingerprint density at radius 1 is 1.26 bits per heavy atom. The number of nitrogens with zero attached hydrogens (tertiary/aromatic N) is 5. The monoisotopic (exact) mass is 315 g/mol. The minimum Gasteiger partial charge on any atom is -0.353 e. The van der Waals surface area contributed by atoms with Crippen LogP contribution < -0.4 is 4.90 Å². The lowest BCUT2D eigenvalue weighted by atomic mass is 10.1. The van der Waals surface area contributed by atoms with Gasteiger partial charge in [0.15, 0.2) is 4.34 Å². The van der Waals surface area contributed by atoms with E-state index < -0.39 is 0 Å². The summed E-state index contributed by atoms with van der Waals surface area (Å²) in [5.41, 5.74) is 0.954. The van der Waals surface area contributed by atoms with Crippen molar-refractivity contribution in [2.75, 3.05) is 19.0 Å². The van der Waals surface area contributed by atoms with Gasteiger partial charge >= 0.3 is 0 Å². The fraction of sp³-hybridized carbons (Fsp3) is 0.455. The van der Waals surface area contributed by atoms with Gasteiger partial charge in [-0.15, -0.1) is 10.2 Å². The minimum atomic E-state index is 0.262.